The molecule has 1 atom stereocenters. The van der Waals surface area contributed by atoms with Crippen molar-refractivity contribution in [2.24, 2.45) is 5.92 Å². The van der Waals surface area contributed by atoms with Crippen molar-refractivity contribution >= 4 is 11.9 Å². The maximum atomic E-state index is 10.3. The molecule has 0 aromatic heterocycles. The Hall–Kier alpha value is -1.64. The van der Waals surface area contributed by atoms with E-state index >= 15 is 0 Å². The third kappa shape index (κ3) is 4.81. The summed E-state index contributed by atoms with van der Waals surface area (Å²) in [6.07, 6.45) is 2.70. The highest BCUT2D eigenvalue weighted by Crippen LogP contribution is 2.13. The number of aryl methyl sites for hydroxylation is 1. The molecule has 1 fully saturated rings. The molecule has 1 aromatic carbocycles. The van der Waals surface area contributed by atoms with Gasteiger partial charge in [-0.25, -0.2) is 0 Å². The summed E-state index contributed by atoms with van der Waals surface area (Å²) in [5, 5.41) is 0. The summed E-state index contributed by atoms with van der Waals surface area (Å²) in [6, 6.07) is 10.6. The summed E-state index contributed by atoms with van der Waals surface area (Å²) < 4.78 is 4.20. The van der Waals surface area contributed by atoms with Crippen LogP contribution in [0.3, 0.4) is 0 Å². The Labute approximate surface area is 102 Å². The summed E-state index contributed by atoms with van der Waals surface area (Å²) in [7, 11) is 0. The minimum Gasteiger partial charge on any atom is -0.393 e. The van der Waals surface area contributed by atoms with Crippen molar-refractivity contribution in [3.05, 3.63) is 35.9 Å². The van der Waals surface area contributed by atoms with Crippen LogP contribution in [-0.2, 0) is 20.7 Å². The molecule has 1 aliphatic rings. The highest BCUT2D eigenvalue weighted by Gasteiger charge is 2.28. The van der Waals surface area contributed by atoms with E-state index in [2.05, 4.69) is 42.0 Å². The smallest absolute Gasteiger partial charge is 0.316 e. The van der Waals surface area contributed by atoms with Gasteiger partial charge < -0.3 is 4.74 Å². The minimum atomic E-state index is -0.400. The Morgan fingerprint density at radius 3 is 2.24 bits per heavy atom. The van der Waals surface area contributed by atoms with Crippen molar-refractivity contribution in [1.82, 2.24) is 0 Å². The second kappa shape index (κ2) is 6.84. The second-order valence-electron chi connectivity index (χ2n) is 4.13. The molecule has 0 radical (unpaired) electrons. The van der Waals surface area contributed by atoms with Gasteiger partial charge in [0.25, 0.3) is 0 Å². The van der Waals surface area contributed by atoms with Crippen LogP contribution in [0.15, 0.2) is 30.3 Å². The molecule has 0 amide bonds. The number of esters is 2. The van der Waals surface area contributed by atoms with Crippen LogP contribution in [0, 0.1) is 5.92 Å². The van der Waals surface area contributed by atoms with Gasteiger partial charge in [0.05, 0.1) is 12.3 Å². The first-order chi connectivity index (χ1) is 8.13. The predicted octanol–water partition coefficient (Wildman–Crippen LogP) is 2.74. The molecule has 92 valence electrons. The lowest BCUT2D eigenvalue weighted by Crippen LogP contribution is -2.01. The summed E-state index contributed by atoms with van der Waals surface area (Å²) in [6.45, 7) is 3.88. The van der Waals surface area contributed by atoms with Crippen molar-refractivity contribution in [2.45, 2.75) is 33.1 Å². The molecule has 1 aromatic rings. The summed E-state index contributed by atoms with van der Waals surface area (Å²) in [5.74, 6) is -1.01. The van der Waals surface area contributed by atoms with Crippen LogP contribution in [0.1, 0.15) is 32.3 Å². The molecule has 1 unspecified atom stereocenters. The first kappa shape index (κ1) is 13.4. The lowest BCUT2D eigenvalue weighted by atomic mass is 10.1. The molecule has 1 heterocycles. The van der Waals surface area contributed by atoms with Crippen molar-refractivity contribution < 1.29 is 14.3 Å². The molecule has 17 heavy (non-hydrogen) atoms. The molecular formula is C14H18O3. The molecule has 0 spiro atoms. The topological polar surface area (TPSA) is 43.4 Å². The zero-order chi connectivity index (χ0) is 12.7. The van der Waals surface area contributed by atoms with Gasteiger partial charge >= 0.3 is 11.9 Å². The molecular weight excluding hydrogens is 216 g/mol. The number of benzene rings is 1. The van der Waals surface area contributed by atoms with Gasteiger partial charge in [0.15, 0.2) is 0 Å². The average Bonchev–Trinajstić information content (AvgIpc) is 2.59. The zero-order valence-electron chi connectivity index (χ0n) is 10.3. The third-order valence-corrected chi connectivity index (χ3v) is 2.47. The highest BCUT2D eigenvalue weighted by atomic mass is 16.6. The normalized spacial score (nSPS) is 18.4. The zero-order valence-corrected chi connectivity index (χ0v) is 10.3. The monoisotopic (exact) mass is 234 g/mol. The number of hydrogen-bond acceptors (Lipinski definition) is 3. The summed E-state index contributed by atoms with van der Waals surface area (Å²) in [4.78, 5) is 20.6. The molecule has 0 saturated carbocycles. The van der Waals surface area contributed by atoms with E-state index in [0.717, 1.165) is 0 Å². The Morgan fingerprint density at radius 1 is 1.24 bits per heavy atom. The number of carbonyl (C=O) groups is 2. The van der Waals surface area contributed by atoms with Gasteiger partial charge in [-0.05, 0) is 12.0 Å². The maximum Gasteiger partial charge on any atom is 0.316 e. The molecule has 0 N–H and O–H groups in total. The molecule has 0 bridgehead atoms. The van der Waals surface area contributed by atoms with Crippen LogP contribution in [0.5, 0.6) is 0 Å². The average molecular weight is 234 g/mol. The van der Waals surface area contributed by atoms with E-state index in [0.29, 0.717) is 0 Å². The molecule has 0 aliphatic carbocycles. The Kier molecular flexibility index (Phi) is 5.40. The molecule has 3 nitrogen and oxygen atoms in total. The lowest BCUT2D eigenvalue weighted by Gasteiger charge is -1.93. The van der Waals surface area contributed by atoms with Gasteiger partial charge in [-0.3, -0.25) is 9.59 Å². The lowest BCUT2D eigenvalue weighted by molar-refractivity contribution is -0.152. The van der Waals surface area contributed by atoms with E-state index in [4.69, 9.17) is 0 Å². The number of ether oxygens (including phenoxy) is 1. The number of cyclic esters (lactones) is 2. The molecule has 3 heteroatoms. The van der Waals surface area contributed by atoms with E-state index in [1.807, 2.05) is 0 Å². The number of hydrogen-bond donors (Lipinski definition) is 0. The van der Waals surface area contributed by atoms with Crippen molar-refractivity contribution in [3.8, 4) is 0 Å². The van der Waals surface area contributed by atoms with Crippen molar-refractivity contribution in [3.63, 3.8) is 0 Å². The van der Waals surface area contributed by atoms with Crippen LogP contribution in [0.2, 0.25) is 0 Å². The second-order valence-corrected chi connectivity index (χ2v) is 4.13. The fourth-order valence-corrected chi connectivity index (χ4v) is 1.52. The Bertz CT molecular complexity index is 370. The van der Waals surface area contributed by atoms with Crippen molar-refractivity contribution in [1.29, 1.82) is 0 Å². The highest BCUT2D eigenvalue weighted by molar-refractivity contribution is 5.94. The quantitative estimate of drug-likeness (QED) is 0.583. The fourth-order valence-electron chi connectivity index (χ4n) is 1.52. The van der Waals surface area contributed by atoms with Crippen LogP contribution in [0.25, 0.3) is 0 Å². The largest absolute Gasteiger partial charge is 0.393 e. The van der Waals surface area contributed by atoms with E-state index in [9.17, 15) is 9.59 Å². The third-order valence-electron chi connectivity index (χ3n) is 2.47. The Morgan fingerprint density at radius 2 is 1.88 bits per heavy atom. The molecule has 1 saturated heterocycles. The standard InChI is InChI=1S/C9H12.C5H6O3/c1-2-6-9-7-4-3-5-8-9;1-3-2-4(6)8-5(3)7/h3-5,7-8H,2,6H2,1H3;3H,2H2,1H3. The van der Waals surface area contributed by atoms with E-state index < -0.39 is 11.9 Å². The first-order valence-corrected chi connectivity index (χ1v) is 5.92. The fraction of sp³-hybridized carbons (Fsp3) is 0.429. The van der Waals surface area contributed by atoms with E-state index in [1.165, 1.54) is 18.4 Å². The van der Waals surface area contributed by atoms with Gasteiger partial charge in [-0.2, -0.15) is 0 Å². The van der Waals surface area contributed by atoms with Gasteiger partial charge in [-0.15, -0.1) is 0 Å². The van der Waals surface area contributed by atoms with Crippen LogP contribution >= 0.6 is 0 Å². The first-order valence-electron chi connectivity index (χ1n) is 5.92. The van der Waals surface area contributed by atoms with Gasteiger partial charge in [-0.1, -0.05) is 50.6 Å². The van der Waals surface area contributed by atoms with Crippen LogP contribution < -0.4 is 0 Å². The van der Waals surface area contributed by atoms with Gasteiger partial charge in [0.2, 0.25) is 0 Å². The molecule has 1 aliphatic heterocycles. The summed E-state index contributed by atoms with van der Waals surface area (Å²) in [5.41, 5.74) is 1.44. The maximum absolute atomic E-state index is 10.3. The van der Waals surface area contributed by atoms with Crippen LogP contribution in [0.4, 0.5) is 0 Å². The van der Waals surface area contributed by atoms with Crippen LogP contribution in [-0.4, -0.2) is 11.9 Å². The minimum absolute atomic E-state index is 0.220. The van der Waals surface area contributed by atoms with Gasteiger partial charge in [0, 0.05) is 0 Å². The van der Waals surface area contributed by atoms with E-state index in [1.54, 1.807) is 6.92 Å². The van der Waals surface area contributed by atoms with Gasteiger partial charge in [0.1, 0.15) is 0 Å². The van der Waals surface area contributed by atoms with E-state index in [-0.39, 0.29) is 12.3 Å². The van der Waals surface area contributed by atoms with Crippen molar-refractivity contribution in [2.75, 3.05) is 0 Å². The Balaban J connectivity index is 0.000000171. The number of rotatable bonds is 2. The SMILES string of the molecule is CC1CC(=O)OC1=O.CCCc1ccccc1. The molecule has 2 rings (SSSR count). The predicted molar refractivity (Wildman–Crippen MR) is 65.3 cm³/mol. The number of carbonyl (C=O) groups excluding carboxylic acids is 2. The summed E-state index contributed by atoms with van der Waals surface area (Å²) >= 11 is 0.